The summed E-state index contributed by atoms with van der Waals surface area (Å²) >= 11 is 0. The monoisotopic (exact) mass is 813 g/mol. The molecule has 298 valence electrons. The lowest BCUT2D eigenvalue weighted by atomic mass is 9.89. The SMILES string of the molecule is c1ccc(-c2cccc(-c3cc(-c4ccccc4)nc(-c4ccc(-c5ccc(-c6cc7c(-c8ccc9ccccc9c8)nc8ccccc8c7c7ccccc67)cc5)cc4)n3)c2)cc1. The van der Waals surface area contributed by atoms with Crippen LogP contribution in [-0.4, -0.2) is 15.0 Å². The van der Waals surface area contributed by atoms with E-state index in [4.69, 9.17) is 15.0 Å². The molecule has 2 aromatic heterocycles. The Bertz CT molecular complexity index is 3690. The van der Waals surface area contributed by atoms with Gasteiger partial charge in [-0.2, -0.15) is 0 Å². The average molecular weight is 814 g/mol. The van der Waals surface area contributed by atoms with Gasteiger partial charge in [-0.15, -0.1) is 0 Å². The van der Waals surface area contributed by atoms with Crippen molar-refractivity contribution in [1.82, 2.24) is 15.0 Å². The van der Waals surface area contributed by atoms with Gasteiger partial charge in [0.25, 0.3) is 0 Å². The first-order chi connectivity index (χ1) is 31.7. The van der Waals surface area contributed by atoms with Gasteiger partial charge in [-0.05, 0) is 85.3 Å². The molecule has 3 heteroatoms. The Balaban J connectivity index is 0.922. The summed E-state index contributed by atoms with van der Waals surface area (Å²) in [4.78, 5) is 15.6. The highest BCUT2D eigenvalue weighted by Crippen LogP contribution is 2.42. The Kier molecular flexibility index (Phi) is 9.16. The molecule has 3 nitrogen and oxygen atoms in total. The van der Waals surface area contributed by atoms with Crippen molar-refractivity contribution >= 4 is 43.2 Å². The van der Waals surface area contributed by atoms with Crippen LogP contribution in [0.4, 0.5) is 0 Å². The molecule has 0 amide bonds. The van der Waals surface area contributed by atoms with Gasteiger partial charge in [-0.3, -0.25) is 0 Å². The Morgan fingerprint density at radius 2 is 0.781 bits per heavy atom. The number of nitrogens with zero attached hydrogens (tertiary/aromatic N) is 3. The number of para-hydroxylation sites is 1. The topological polar surface area (TPSA) is 38.7 Å². The number of aromatic nitrogens is 3. The fourth-order valence-electron chi connectivity index (χ4n) is 9.23. The predicted molar refractivity (Wildman–Crippen MR) is 268 cm³/mol. The van der Waals surface area contributed by atoms with E-state index < -0.39 is 0 Å². The van der Waals surface area contributed by atoms with Gasteiger partial charge in [0.05, 0.1) is 22.6 Å². The molecule has 0 N–H and O–H groups in total. The molecule has 0 saturated heterocycles. The molecule has 0 aliphatic rings. The highest BCUT2D eigenvalue weighted by Gasteiger charge is 2.18. The van der Waals surface area contributed by atoms with Crippen molar-refractivity contribution in [3.8, 4) is 78.5 Å². The summed E-state index contributed by atoms with van der Waals surface area (Å²) in [5.74, 6) is 0.692. The van der Waals surface area contributed by atoms with Crippen LogP contribution in [0, 0.1) is 0 Å². The van der Waals surface area contributed by atoms with Crippen LogP contribution in [0.2, 0.25) is 0 Å². The zero-order valence-corrected chi connectivity index (χ0v) is 34.9. The average Bonchev–Trinajstić information content (AvgIpc) is 3.38. The number of pyridine rings is 1. The Labute approximate surface area is 371 Å². The second-order valence-corrected chi connectivity index (χ2v) is 16.4. The number of rotatable bonds is 7. The third-order valence-electron chi connectivity index (χ3n) is 12.5. The maximum absolute atomic E-state index is 5.35. The van der Waals surface area contributed by atoms with E-state index in [9.17, 15) is 0 Å². The molecule has 0 bridgehead atoms. The van der Waals surface area contributed by atoms with Crippen molar-refractivity contribution in [3.05, 3.63) is 237 Å². The van der Waals surface area contributed by atoms with Crippen molar-refractivity contribution in [2.75, 3.05) is 0 Å². The molecule has 0 spiro atoms. The molecule has 0 saturated carbocycles. The predicted octanol–water partition coefficient (Wildman–Crippen LogP) is 16.2. The fourth-order valence-corrected chi connectivity index (χ4v) is 9.23. The number of benzene rings is 10. The van der Waals surface area contributed by atoms with Gasteiger partial charge in [0.2, 0.25) is 0 Å². The van der Waals surface area contributed by atoms with Gasteiger partial charge in [-0.1, -0.05) is 206 Å². The first kappa shape index (κ1) is 37.2. The summed E-state index contributed by atoms with van der Waals surface area (Å²) in [5.41, 5.74) is 14.9. The summed E-state index contributed by atoms with van der Waals surface area (Å²) < 4.78 is 0. The zero-order chi connectivity index (χ0) is 42.4. The molecule has 12 rings (SSSR count). The van der Waals surface area contributed by atoms with Crippen molar-refractivity contribution < 1.29 is 0 Å². The minimum atomic E-state index is 0.692. The standard InChI is InChI=1S/C61H39N3/c1-3-14-40(15-4-1)48-20-13-21-49(36-48)58-39-57(45-17-5-2-6-18-45)63-61(64-58)46-33-28-43(29-34-46)42-26-31-44(32-27-42)54-38-55-59(52-23-10-9-22-51(52)54)53-24-11-12-25-56(53)62-60(55)50-35-30-41-16-7-8-19-47(41)37-50/h1-39H. The summed E-state index contributed by atoms with van der Waals surface area (Å²) in [5, 5.41) is 8.41. The van der Waals surface area contributed by atoms with Gasteiger partial charge >= 0.3 is 0 Å². The van der Waals surface area contributed by atoms with Crippen LogP contribution in [0.3, 0.4) is 0 Å². The first-order valence-electron chi connectivity index (χ1n) is 21.8. The number of fused-ring (bicyclic) bond motifs is 6. The molecule has 0 unspecified atom stereocenters. The molecule has 12 aromatic rings. The molecule has 0 radical (unpaired) electrons. The highest BCUT2D eigenvalue weighted by molar-refractivity contribution is 6.25. The van der Waals surface area contributed by atoms with Crippen LogP contribution in [0.1, 0.15) is 0 Å². The number of hydrogen-bond donors (Lipinski definition) is 0. The van der Waals surface area contributed by atoms with Gasteiger partial charge in [0.15, 0.2) is 5.82 Å². The molecule has 0 atom stereocenters. The molecule has 0 fully saturated rings. The molecular formula is C61H39N3. The smallest absolute Gasteiger partial charge is 0.160 e. The van der Waals surface area contributed by atoms with Crippen molar-refractivity contribution in [1.29, 1.82) is 0 Å². The Morgan fingerprint density at radius 1 is 0.250 bits per heavy atom. The second kappa shape index (κ2) is 15.7. The quantitative estimate of drug-likeness (QED) is 0.150. The van der Waals surface area contributed by atoms with Crippen LogP contribution in [0.25, 0.3) is 122 Å². The van der Waals surface area contributed by atoms with E-state index in [1.807, 2.05) is 12.1 Å². The largest absolute Gasteiger partial charge is 0.247 e. The summed E-state index contributed by atoms with van der Waals surface area (Å²) in [7, 11) is 0. The molecule has 10 aromatic carbocycles. The first-order valence-corrected chi connectivity index (χ1v) is 21.8. The van der Waals surface area contributed by atoms with Gasteiger partial charge in [0, 0.05) is 38.4 Å². The van der Waals surface area contributed by atoms with E-state index in [0.717, 1.165) is 77.9 Å². The third-order valence-corrected chi connectivity index (χ3v) is 12.5. The molecule has 0 aliphatic heterocycles. The summed E-state index contributed by atoms with van der Waals surface area (Å²) in [6.45, 7) is 0. The van der Waals surface area contributed by atoms with E-state index in [0.29, 0.717) is 5.82 Å². The second-order valence-electron chi connectivity index (χ2n) is 16.4. The van der Waals surface area contributed by atoms with Crippen LogP contribution < -0.4 is 0 Å². The maximum Gasteiger partial charge on any atom is 0.160 e. The number of hydrogen-bond acceptors (Lipinski definition) is 3. The lowest BCUT2D eigenvalue weighted by Gasteiger charge is -2.16. The maximum atomic E-state index is 5.35. The van der Waals surface area contributed by atoms with E-state index in [-0.39, 0.29) is 0 Å². The van der Waals surface area contributed by atoms with Gasteiger partial charge in [-0.25, -0.2) is 15.0 Å². The van der Waals surface area contributed by atoms with Crippen LogP contribution in [-0.2, 0) is 0 Å². The van der Waals surface area contributed by atoms with Crippen LogP contribution >= 0.6 is 0 Å². The lowest BCUT2D eigenvalue weighted by Crippen LogP contribution is -1.96. The lowest BCUT2D eigenvalue weighted by molar-refractivity contribution is 1.18. The van der Waals surface area contributed by atoms with Crippen LogP contribution in [0.15, 0.2) is 237 Å². The zero-order valence-electron chi connectivity index (χ0n) is 34.9. The fraction of sp³-hybridized carbons (Fsp3) is 0. The van der Waals surface area contributed by atoms with Crippen molar-refractivity contribution in [2.45, 2.75) is 0 Å². The molecule has 0 aliphatic carbocycles. The summed E-state index contributed by atoms with van der Waals surface area (Å²) in [6.07, 6.45) is 0. The van der Waals surface area contributed by atoms with Crippen LogP contribution in [0.5, 0.6) is 0 Å². The molecule has 64 heavy (non-hydrogen) atoms. The minimum absolute atomic E-state index is 0.692. The van der Waals surface area contributed by atoms with E-state index in [2.05, 4.69) is 224 Å². The minimum Gasteiger partial charge on any atom is -0.247 e. The van der Waals surface area contributed by atoms with Gasteiger partial charge in [0.1, 0.15) is 0 Å². The normalized spacial score (nSPS) is 11.4. The van der Waals surface area contributed by atoms with Gasteiger partial charge < -0.3 is 0 Å². The van der Waals surface area contributed by atoms with E-state index >= 15 is 0 Å². The molecule has 2 heterocycles. The van der Waals surface area contributed by atoms with Crippen molar-refractivity contribution in [3.63, 3.8) is 0 Å². The third kappa shape index (κ3) is 6.77. The Morgan fingerprint density at radius 3 is 1.53 bits per heavy atom. The molecular weight excluding hydrogens is 775 g/mol. The van der Waals surface area contributed by atoms with Crippen molar-refractivity contribution in [2.24, 2.45) is 0 Å². The highest BCUT2D eigenvalue weighted by atomic mass is 14.9. The van der Waals surface area contributed by atoms with E-state index in [1.165, 1.54) is 38.1 Å². The van der Waals surface area contributed by atoms with E-state index in [1.54, 1.807) is 0 Å². The summed E-state index contributed by atoms with van der Waals surface area (Å²) in [6, 6.07) is 84.1. The Hall–Kier alpha value is -8.53.